The Balaban J connectivity index is 1.42. The maximum Gasteiger partial charge on any atom is 0.257 e. The van der Waals surface area contributed by atoms with Crippen LogP contribution in [0.4, 0.5) is 5.82 Å². The van der Waals surface area contributed by atoms with Crippen molar-refractivity contribution < 1.29 is 4.79 Å². The summed E-state index contributed by atoms with van der Waals surface area (Å²) in [6, 6.07) is 10.5. The first-order valence-electron chi connectivity index (χ1n) is 12.0. The summed E-state index contributed by atoms with van der Waals surface area (Å²) in [5.74, 6) is 1.88. The number of amides is 1. The lowest BCUT2D eigenvalue weighted by Crippen LogP contribution is -2.35. The summed E-state index contributed by atoms with van der Waals surface area (Å²) in [5, 5.41) is 4.26. The second kappa shape index (κ2) is 8.96. The van der Waals surface area contributed by atoms with Crippen LogP contribution in [-0.2, 0) is 19.9 Å². The monoisotopic (exact) mass is 444 g/mol. The molecule has 1 fully saturated rings. The topological polar surface area (TPSA) is 67.2 Å². The van der Waals surface area contributed by atoms with E-state index in [0.29, 0.717) is 5.56 Å². The average molecular weight is 445 g/mol. The highest BCUT2D eigenvalue weighted by Crippen LogP contribution is 2.35. The summed E-state index contributed by atoms with van der Waals surface area (Å²) in [5.41, 5.74) is 5.21. The normalized spacial score (nSPS) is 18.0. The Hall–Kier alpha value is -3.22. The van der Waals surface area contributed by atoms with Crippen LogP contribution in [0.3, 0.4) is 0 Å². The molecule has 1 saturated heterocycles. The molecule has 3 aromatic rings. The van der Waals surface area contributed by atoms with Gasteiger partial charge in [0, 0.05) is 43.6 Å². The summed E-state index contributed by atoms with van der Waals surface area (Å²) in [6.45, 7) is 6.72. The molecule has 33 heavy (non-hydrogen) atoms. The third-order valence-electron chi connectivity index (χ3n) is 7.15. The van der Waals surface area contributed by atoms with Crippen molar-refractivity contribution in [2.24, 2.45) is 7.05 Å². The van der Waals surface area contributed by atoms with Gasteiger partial charge in [-0.25, -0.2) is 9.97 Å². The number of likely N-dealkylation sites (tertiary alicyclic amines) is 1. The van der Waals surface area contributed by atoms with Crippen molar-refractivity contribution >= 4 is 11.7 Å². The van der Waals surface area contributed by atoms with Crippen LogP contribution >= 0.6 is 0 Å². The number of nitrogens with zero attached hydrogens (tertiary/aromatic N) is 6. The van der Waals surface area contributed by atoms with Gasteiger partial charge in [0.05, 0.1) is 17.8 Å². The highest BCUT2D eigenvalue weighted by molar-refractivity contribution is 5.95. The Labute approximate surface area is 195 Å². The molecule has 2 aliphatic rings. The molecule has 0 aliphatic carbocycles. The number of hydrogen-bond acceptors (Lipinski definition) is 5. The van der Waals surface area contributed by atoms with Gasteiger partial charge in [-0.1, -0.05) is 30.3 Å². The first-order chi connectivity index (χ1) is 16.0. The molecule has 2 aliphatic heterocycles. The summed E-state index contributed by atoms with van der Waals surface area (Å²) in [4.78, 5) is 27.8. The van der Waals surface area contributed by atoms with Gasteiger partial charge in [-0.3, -0.25) is 9.48 Å². The molecule has 7 nitrogen and oxygen atoms in total. The largest absolute Gasteiger partial charge is 0.356 e. The average Bonchev–Trinajstić information content (AvgIpc) is 3.45. The van der Waals surface area contributed by atoms with Crippen LogP contribution in [-0.4, -0.2) is 50.2 Å². The number of hydrogen-bond donors (Lipinski definition) is 0. The van der Waals surface area contributed by atoms with Crippen LogP contribution < -0.4 is 4.90 Å². The maximum atomic E-state index is 13.4. The number of aromatic nitrogens is 4. The first-order valence-corrected chi connectivity index (χ1v) is 12.0. The highest BCUT2D eigenvalue weighted by atomic mass is 16.2. The van der Waals surface area contributed by atoms with E-state index >= 15 is 0 Å². The van der Waals surface area contributed by atoms with Gasteiger partial charge in [0.1, 0.15) is 5.82 Å². The predicted molar refractivity (Wildman–Crippen MR) is 128 cm³/mol. The quantitative estimate of drug-likeness (QED) is 0.599. The summed E-state index contributed by atoms with van der Waals surface area (Å²) >= 11 is 0. The zero-order valence-corrected chi connectivity index (χ0v) is 19.8. The number of anilines is 1. The van der Waals surface area contributed by atoms with Gasteiger partial charge >= 0.3 is 0 Å². The van der Waals surface area contributed by atoms with Gasteiger partial charge in [0.2, 0.25) is 0 Å². The van der Waals surface area contributed by atoms with Crippen LogP contribution in [0.5, 0.6) is 0 Å². The van der Waals surface area contributed by atoms with Crippen LogP contribution in [0.1, 0.15) is 64.0 Å². The van der Waals surface area contributed by atoms with Crippen molar-refractivity contribution in [2.75, 3.05) is 24.5 Å². The van der Waals surface area contributed by atoms with E-state index in [1.807, 2.05) is 18.9 Å². The van der Waals surface area contributed by atoms with E-state index in [4.69, 9.17) is 9.97 Å². The fourth-order valence-electron chi connectivity index (χ4n) is 5.13. The van der Waals surface area contributed by atoms with Gasteiger partial charge in [-0.2, -0.15) is 5.10 Å². The van der Waals surface area contributed by atoms with E-state index in [-0.39, 0.29) is 11.9 Å². The van der Waals surface area contributed by atoms with Crippen molar-refractivity contribution in [3.8, 4) is 0 Å². The lowest BCUT2D eigenvalue weighted by molar-refractivity contribution is 0.0728. The first kappa shape index (κ1) is 21.6. The van der Waals surface area contributed by atoms with Crippen molar-refractivity contribution in [3.05, 3.63) is 70.4 Å². The Bertz CT molecular complexity index is 1160. The van der Waals surface area contributed by atoms with Crippen molar-refractivity contribution in [3.63, 3.8) is 0 Å². The molecule has 0 radical (unpaired) electrons. The zero-order chi connectivity index (χ0) is 22.9. The van der Waals surface area contributed by atoms with Crippen LogP contribution in [0.15, 0.2) is 36.5 Å². The minimum atomic E-state index is -0.0843. The summed E-state index contributed by atoms with van der Waals surface area (Å²) in [7, 11) is 1.87. The van der Waals surface area contributed by atoms with Gasteiger partial charge < -0.3 is 9.80 Å². The Morgan fingerprint density at radius 1 is 1.09 bits per heavy atom. The van der Waals surface area contributed by atoms with Gasteiger partial charge in [-0.15, -0.1) is 0 Å². The van der Waals surface area contributed by atoms with E-state index in [9.17, 15) is 4.79 Å². The van der Waals surface area contributed by atoms with E-state index in [1.165, 1.54) is 11.1 Å². The standard InChI is InChI=1S/C26H32N6O/c1-18-21-11-7-14-31(16-13-20-9-5-4-6-10-20)25(21)29-24(28-18)23-12-8-15-32(23)26(33)22-17-27-30(3)19(22)2/h4-6,9-10,17,23H,7-8,11-16H2,1-3H3/t23-/m1/s1. The third-order valence-corrected chi connectivity index (χ3v) is 7.15. The zero-order valence-electron chi connectivity index (χ0n) is 19.8. The summed E-state index contributed by atoms with van der Waals surface area (Å²) in [6.07, 6.45) is 6.68. The molecule has 0 unspecified atom stereocenters. The van der Waals surface area contributed by atoms with Gasteiger partial charge in [0.15, 0.2) is 5.82 Å². The maximum absolute atomic E-state index is 13.4. The molecule has 5 rings (SSSR count). The molecule has 2 aromatic heterocycles. The Kier molecular flexibility index (Phi) is 5.87. The fourth-order valence-corrected chi connectivity index (χ4v) is 5.13. The fraction of sp³-hybridized carbons (Fsp3) is 0.462. The molecule has 7 heteroatoms. The smallest absolute Gasteiger partial charge is 0.257 e. The number of carbonyl (C=O) groups is 1. The van der Waals surface area contributed by atoms with Crippen molar-refractivity contribution in [1.29, 1.82) is 0 Å². The van der Waals surface area contributed by atoms with Crippen molar-refractivity contribution in [1.82, 2.24) is 24.6 Å². The van der Waals surface area contributed by atoms with Gasteiger partial charge in [-0.05, 0) is 51.5 Å². The highest BCUT2D eigenvalue weighted by Gasteiger charge is 2.35. The van der Waals surface area contributed by atoms with Crippen LogP contribution in [0.25, 0.3) is 0 Å². The van der Waals surface area contributed by atoms with Crippen LogP contribution in [0, 0.1) is 13.8 Å². The minimum Gasteiger partial charge on any atom is -0.356 e. The molecule has 1 atom stereocenters. The SMILES string of the molecule is Cc1nc([C@H]2CCCN2C(=O)c2cnn(C)c2C)nc2c1CCCN2CCc1ccccc1. The Morgan fingerprint density at radius 3 is 2.67 bits per heavy atom. The molecule has 1 aromatic carbocycles. The molecular formula is C26H32N6O. The van der Waals surface area contributed by atoms with Gasteiger partial charge in [0.25, 0.3) is 5.91 Å². The van der Waals surface area contributed by atoms with E-state index in [2.05, 4.69) is 47.3 Å². The number of rotatable bonds is 5. The van der Waals surface area contributed by atoms with Crippen molar-refractivity contribution in [2.45, 2.75) is 52.0 Å². The third kappa shape index (κ3) is 4.12. The van der Waals surface area contributed by atoms with E-state index in [0.717, 1.165) is 74.8 Å². The Morgan fingerprint density at radius 2 is 1.91 bits per heavy atom. The molecule has 0 bridgehead atoms. The molecule has 0 spiro atoms. The minimum absolute atomic E-state index is 0.0306. The lowest BCUT2D eigenvalue weighted by atomic mass is 10.0. The second-order valence-electron chi connectivity index (χ2n) is 9.22. The number of carbonyl (C=O) groups excluding carboxylic acids is 1. The number of benzene rings is 1. The lowest BCUT2D eigenvalue weighted by Gasteiger charge is -2.32. The second-order valence-corrected chi connectivity index (χ2v) is 9.22. The number of fused-ring (bicyclic) bond motifs is 1. The van der Waals surface area contributed by atoms with E-state index < -0.39 is 0 Å². The number of aryl methyl sites for hydroxylation is 2. The molecule has 0 saturated carbocycles. The molecule has 0 N–H and O–H groups in total. The van der Waals surface area contributed by atoms with Crippen LogP contribution in [0.2, 0.25) is 0 Å². The molecule has 172 valence electrons. The molecular weight excluding hydrogens is 412 g/mol. The summed E-state index contributed by atoms with van der Waals surface area (Å²) < 4.78 is 1.75. The molecule has 4 heterocycles. The predicted octanol–water partition coefficient (Wildman–Crippen LogP) is 3.80. The molecule has 1 amide bonds. The van der Waals surface area contributed by atoms with E-state index in [1.54, 1.807) is 10.9 Å².